The van der Waals surface area contributed by atoms with Crippen LogP contribution in [0.4, 0.5) is 0 Å². The van der Waals surface area contributed by atoms with Gasteiger partial charge in [0.15, 0.2) is 0 Å². The SMILES string of the molecule is [CH2]COCC(=S)c1ccccc1. The third-order valence-corrected chi connectivity index (χ3v) is 1.83. The van der Waals surface area contributed by atoms with Crippen molar-refractivity contribution >= 4 is 17.1 Å². The van der Waals surface area contributed by atoms with Gasteiger partial charge in [-0.15, -0.1) is 0 Å². The molecule has 0 aromatic heterocycles. The minimum atomic E-state index is 0.465. The molecule has 0 aliphatic heterocycles. The summed E-state index contributed by atoms with van der Waals surface area (Å²) in [6, 6.07) is 9.86. The zero-order valence-corrected chi connectivity index (χ0v) is 7.64. The number of rotatable bonds is 4. The summed E-state index contributed by atoms with van der Waals surface area (Å²) in [5.74, 6) is 0. The smallest absolute Gasteiger partial charge is 0.0823 e. The topological polar surface area (TPSA) is 9.23 Å². The minimum absolute atomic E-state index is 0.465. The fraction of sp³-hybridized carbons (Fsp3) is 0.200. The number of thiocarbonyl (C=S) groups is 1. The summed E-state index contributed by atoms with van der Waals surface area (Å²) in [5, 5.41) is 0. The number of ether oxygens (including phenoxy) is 1. The second kappa shape index (κ2) is 5.01. The van der Waals surface area contributed by atoms with E-state index in [1.165, 1.54) is 0 Å². The normalized spacial score (nSPS) is 9.75. The molecule has 1 radical (unpaired) electrons. The van der Waals surface area contributed by atoms with Crippen molar-refractivity contribution in [1.82, 2.24) is 0 Å². The first kappa shape index (κ1) is 9.36. The first-order chi connectivity index (χ1) is 5.84. The minimum Gasteiger partial charge on any atom is -0.376 e. The summed E-state index contributed by atoms with van der Waals surface area (Å²) < 4.78 is 5.10. The summed E-state index contributed by atoms with van der Waals surface area (Å²) in [5.41, 5.74) is 1.06. The number of hydrogen-bond donors (Lipinski definition) is 0. The third kappa shape index (κ3) is 2.72. The predicted octanol–water partition coefficient (Wildman–Crippen LogP) is 2.26. The molecule has 0 spiro atoms. The molecule has 0 aliphatic carbocycles. The number of hydrogen-bond acceptors (Lipinski definition) is 2. The van der Waals surface area contributed by atoms with Crippen LogP contribution in [-0.4, -0.2) is 18.1 Å². The summed E-state index contributed by atoms with van der Waals surface area (Å²) in [4.78, 5) is 0.833. The lowest BCUT2D eigenvalue weighted by molar-refractivity contribution is 0.204. The molecule has 0 saturated heterocycles. The molecule has 0 saturated carbocycles. The molecule has 0 fully saturated rings. The average Bonchev–Trinajstić information content (AvgIpc) is 2.15. The standard InChI is InChI=1S/C10H11OS/c1-2-11-8-10(12)9-6-4-3-5-7-9/h3-7H,1-2,8H2. The van der Waals surface area contributed by atoms with E-state index in [2.05, 4.69) is 6.92 Å². The van der Waals surface area contributed by atoms with Crippen LogP contribution < -0.4 is 0 Å². The third-order valence-electron chi connectivity index (χ3n) is 1.47. The van der Waals surface area contributed by atoms with Gasteiger partial charge in [-0.2, -0.15) is 0 Å². The summed E-state index contributed by atoms with van der Waals surface area (Å²) in [6.07, 6.45) is 0. The molecule has 2 heteroatoms. The maximum absolute atomic E-state index is 5.13. The highest BCUT2D eigenvalue weighted by Gasteiger charge is 1.98. The van der Waals surface area contributed by atoms with E-state index < -0.39 is 0 Å². The molecule has 0 aliphatic rings. The molecule has 0 N–H and O–H groups in total. The van der Waals surface area contributed by atoms with Crippen LogP contribution in [-0.2, 0) is 4.74 Å². The van der Waals surface area contributed by atoms with E-state index in [4.69, 9.17) is 17.0 Å². The van der Waals surface area contributed by atoms with Gasteiger partial charge in [-0.05, 0) is 12.5 Å². The Labute approximate surface area is 78.4 Å². The Balaban J connectivity index is 2.54. The van der Waals surface area contributed by atoms with Gasteiger partial charge in [0.05, 0.1) is 6.61 Å². The van der Waals surface area contributed by atoms with E-state index in [0.29, 0.717) is 13.2 Å². The molecule has 0 amide bonds. The van der Waals surface area contributed by atoms with Crippen LogP contribution in [0.5, 0.6) is 0 Å². The highest BCUT2D eigenvalue weighted by molar-refractivity contribution is 7.80. The van der Waals surface area contributed by atoms with Gasteiger partial charge in [-0.3, -0.25) is 0 Å². The van der Waals surface area contributed by atoms with E-state index in [1.54, 1.807) is 0 Å². The van der Waals surface area contributed by atoms with Gasteiger partial charge in [0, 0.05) is 11.5 Å². The van der Waals surface area contributed by atoms with Gasteiger partial charge >= 0.3 is 0 Å². The molecule has 1 aromatic carbocycles. The lowest BCUT2D eigenvalue weighted by Crippen LogP contribution is -2.07. The van der Waals surface area contributed by atoms with Crippen LogP contribution in [0.3, 0.4) is 0 Å². The molecule has 0 heterocycles. The van der Waals surface area contributed by atoms with Crippen LogP contribution >= 0.6 is 12.2 Å². The summed E-state index contributed by atoms with van der Waals surface area (Å²) in [7, 11) is 0. The van der Waals surface area contributed by atoms with Crippen LogP contribution in [0, 0.1) is 6.92 Å². The van der Waals surface area contributed by atoms with Gasteiger partial charge in [-0.1, -0.05) is 42.5 Å². The Morgan fingerprint density at radius 3 is 2.58 bits per heavy atom. The Hall–Kier alpha value is -0.730. The Morgan fingerprint density at radius 1 is 1.33 bits per heavy atom. The molecule has 0 atom stereocenters. The Bertz CT molecular complexity index is 243. The van der Waals surface area contributed by atoms with Gasteiger partial charge in [0.2, 0.25) is 0 Å². The van der Waals surface area contributed by atoms with Crippen LogP contribution in [0.1, 0.15) is 5.56 Å². The van der Waals surface area contributed by atoms with Gasteiger partial charge < -0.3 is 4.74 Å². The first-order valence-electron chi connectivity index (χ1n) is 3.80. The molecule has 63 valence electrons. The van der Waals surface area contributed by atoms with Crippen LogP contribution in [0.25, 0.3) is 0 Å². The van der Waals surface area contributed by atoms with Crippen molar-refractivity contribution in [3.05, 3.63) is 42.8 Å². The summed E-state index contributed by atoms with van der Waals surface area (Å²) in [6.45, 7) is 4.52. The van der Waals surface area contributed by atoms with E-state index >= 15 is 0 Å². The fourth-order valence-electron chi connectivity index (χ4n) is 0.872. The predicted molar refractivity (Wildman–Crippen MR) is 54.3 cm³/mol. The fourth-order valence-corrected chi connectivity index (χ4v) is 1.09. The zero-order chi connectivity index (χ0) is 8.81. The van der Waals surface area contributed by atoms with E-state index in [0.717, 1.165) is 10.4 Å². The maximum Gasteiger partial charge on any atom is 0.0823 e. The molecule has 12 heavy (non-hydrogen) atoms. The van der Waals surface area contributed by atoms with E-state index in [-0.39, 0.29) is 0 Å². The summed E-state index contributed by atoms with van der Waals surface area (Å²) >= 11 is 5.13. The van der Waals surface area contributed by atoms with E-state index in [1.807, 2.05) is 30.3 Å². The molecule has 0 unspecified atom stereocenters. The largest absolute Gasteiger partial charge is 0.376 e. The van der Waals surface area contributed by atoms with Crippen LogP contribution in [0.2, 0.25) is 0 Å². The number of benzene rings is 1. The average molecular weight is 179 g/mol. The highest BCUT2D eigenvalue weighted by Crippen LogP contribution is 2.01. The Kier molecular flexibility index (Phi) is 3.91. The van der Waals surface area contributed by atoms with Crippen molar-refractivity contribution in [2.45, 2.75) is 0 Å². The lowest BCUT2D eigenvalue weighted by atomic mass is 10.2. The van der Waals surface area contributed by atoms with Crippen molar-refractivity contribution in [2.75, 3.05) is 13.2 Å². The lowest BCUT2D eigenvalue weighted by Gasteiger charge is -2.02. The second-order valence-electron chi connectivity index (χ2n) is 2.34. The zero-order valence-electron chi connectivity index (χ0n) is 6.82. The highest BCUT2D eigenvalue weighted by atomic mass is 32.1. The van der Waals surface area contributed by atoms with Crippen molar-refractivity contribution in [3.8, 4) is 0 Å². The Morgan fingerprint density at radius 2 is 2.00 bits per heavy atom. The molecular formula is C10H11OS. The van der Waals surface area contributed by atoms with E-state index in [9.17, 15) is 0 Å². The van der Waals surface area contributed by atoms with Crippen LogP contribution in [0.15, 0.2) is 30.3 Å². The quantitative estimate of drug-likeness (QED) is 0.518. The monoisotopic (exact) mass is 179 g/mol. The van der Waals surface area contributed by atoms with Gasteiger partial charge in [0.1, 0.15) is 0 Å². The molecule has 1 aromatic rings. The first-order valence-corrected chi connectivity index (χ1v) is 4.20. The molecule has 1 nitrogen and oxygen atoms in total. The molecule has 0 bridgehead atoms. The van der Waals surface area contributed by atoms with Gasteiger partial charge in [-0.25, -0.2) is 0 Å². The van der Waals surface area contributed by atoms with Crippen molar-refractivity contribution < 1.29 is 4.74 Å². The molecular weight excluding hydrogens is 168 g/mol. The van der Waals surface area contributed by atoms with Crippen molar-refractivity contribution in [3.63, 3.8) is 0 Å². The molecule has 1 rings (SSSR count). The second-order valence-corrected chi connectivity index (χ2v) is 2.83. The van der Waals surface area contributed by atoms with Crippen molar-refractivity contribution in [1.29, 1.82) is 0 Å². The maximum atomic E-state index is 5.13. The van der Waals surface area contributed by atoms with Crippen molar-refractivity contribution in [2.24, 2.45) is 0 Å². The van der Waals surface area contributed by atoms with Gasteiger partial charge in [0.25, 0.3) is 0 Å².